The van der Waals surface area contributed by atoms with Crippen LogP contribution < -0.4 is 5.32 Å². The molecule has 0 aliphatic rings. The zero-order valence-corrected chi connectivity index (χ0v) is 11.0. The summed E-state index contributed by atoms with van der Waals surface area (Å²) in [6, 6.07) is 8.11. The summed E-state index contributed by atoms with van der Waals surface area (Å²) in [5, 5.41) is 12.7. The predicted molar refractivity (Wildman–Crippen MR) is 68.3 cm³/mol. The third-order valence-electron chi connectivity index (χ3n) is 2.29. The lowest BCUT2D eigenvalue weighted by Gasteiger charge is -2.10. The first kappa shape index (κ1) is 13.6. The van der Waals surface area contributed by atoms with E-state index in [-0.39, 0.29) is 6.10 Å². The topological polar surface area (TPSA) is 41.5 Å². The fraction of sp³-hybridized carbons (Fsp3) is 0.500. The van der Waals surface area contributed by atoms with Crippen molar-refractivity contribution in [3.8, 4) is 0 Å². The molecule has 0 bridgehead atoms. The van der Waals surface area contributed by atoms with Crippen LogP contribution in [-0.4, -0.2) is 31.5 Å². The molecule has 1 aromatic carbocycles. The number of rotatable bonds is 7. The maximum Gasteiger partial charge on any atom is 0.0785 e. The van der Waals surface area contributed by atoms with E-state index in [9.17, 15) is 5.11 Å². The quantitative estimate of drug-likeness (QED) is 0.753. The molecular formula is C12H18BrNO2. The van der Waals surface area contributed by atoms with Gasteiger partial charge in [-0.05, 0) is 24.6 Å². The van der Waals surface area contributed by atoms with Crippen LogP contribution in [0.2, 0.25) is 0 Å². The first-order valence-corrected chi connectivity index (χ1v) is 6.14. The molecule has 4 heteroatoms. The van der Waals surface area contributed by atoms with Gasteiger partial charge in [0.2, 0.25) is 0 Å². The Morgan fingerprint density at radius 1 is 1.44 bits per heavy atom. The number of nitrogens with one attached hydrogen (secondary N) is 1. The van der Waals surface area contributed by atoms with Crippen LogP contribution in [0.5, 0.6) is 0 Å². The van der Waals surface area contributed by atoms with Crippen molar-refractivity contribution < 1.29 is 9.84 Å². The van der Waals surface area contributed by atoms with E-state index in [0.29, 0.717) is 13.0 Å². The van der Waals surface area contributed by atoms with Gasteiger partial charge in [0.15, 0.2) is 0 Å². The number of halogens is 1. The molecule has 0 saturated heterocycles. The molecule has 0 saturated carbocycles. The molecule has 90 valence electrons. The molecule has 0 heterocycles. The fourth-order valence-corrected chi connectivity index (χ4v) is 1.83. The van der Waals surface area contributed by atoms with E-state index in [0.717, 1.165) is 17.6 Å². The molecule has 16 heavy (non-hydrogen) atoms. The van der Waals surface area contributed by atoms with Crippen LogP contribution in [0, 0.1) is 0 Å². The summed E-state index contributed by atoms with van der Waals surface area (Å²) in [6.45, 7) is 1.99. The van der Waals surface area contributed by atoms with E-state index in [4.69, 9.17) is 4.74 Å². The summed E-state index contributed by atoms with van der Waals surface area (Å²) >= 11 is 3.49. The molecule has 1 atom stereocenters. The van der Waals surface area contributed by atoms with Gasteiger partial charge in [-0.3, -0.25) is 0 Å². The van der Waals surface area contributed by atoms with E-state index in [1.165, 1.54) is 5.56 Å². The van der Waals surface area contributed by atoms with Crippen molar-refractivity contribution in [2.45, 2.75) is 19.1 Å². The molecule has 1 rings (SSSR count). The van der Waals surface area contributed by atoms with Crippen LogP contribution in [-0.2, 0) is 11.3 Å². The molecule has 2 N–H and O–H groups in total. The molecule has 0 amide bonds. The highest BCUT2D eigenvalue weighted by molar-refractivity contribution is 9.10. The fourth-order valence-electron chi connectivity index (χ4n) is 1.41. The maximum atomic E-state index is 9.43. The van der Waals surface area contributed by atoms with Gasteiger partial charge in [0.25, 0.3) is 0 Å². The minimum atomic E-state index is -0.378. The highest BCUT2D eigenvalue weighted by Crippen LogP contribution is 2.15. The minimum Gasteiger partial charge on any atom is -0.391 e. The number of hydrogen-bond donors (Lipinski definition) is 2. The van der Waals surface area contributed by atoms with E-state index >= 15 is 0 Å². The Morgan fingerprint density at radius 2 is 2.19 bits per heavy atom. The summed E-state index contributed by atoms with van der Waals surface area (Å²) in [7, 11) is 1.59. The summed E-state index contributed by atoms with van der Waals surface area (Å²) in [5.74, 6) is 0. The lowest BCUT2D eigenvalue weighted by atomic mass is 10.2. The molecule has 0 aliphatic heterocycles. The average Bonchev–Trinajstić information content (AvgIpc) is 2.27. The van der Waals surface area contributed by atoms with Gasteiger partial charge in [0.1, 0.15) is 0 Å². The standard InChI is InChI=1S/C12H18BrNO2/c1-16-9-11(15)6-7-14-8-10-4-2-3-5-12(10)13/h2-5,11,14-15H,6-9H2,1H3. The van der Waals surface area contributed by atoms with Crippen LogP contribution in [0.15, 0.2) is 28.7 Å². The summed E-state index contributed by atoms with van der Waals surface area (Å²) in [6.07, 6.45) is 0.329. The van der Waals surface area contributed by atoms with E-state index in [1.807, 2.05) is 18.2 Å². The van der Waals surface area contributed by atoms with Gasteiger partial charge in [0, 0.05) is 18.1 Å². The van der Waals surface area contributed by atoms with Crippen molar-refractivity contribution in [3.05, 3.63) is 34.3 Å². The zero-order valence-electron chi connectivity index (χ0n) is 9.45. The Bertz CT molecular complexity index is 307. The molecule has 0 spiro atoms. The van der Waals surface area contributed by atoms with Crippen LogP contribution >= 0.6 is 15.9 Å². The highest BCUT2D eigenvalue weighted by atomic mass is 79.9. The average molecular weight is 288 g/mol. The van der Waals surface area contributed by atoms with E-state index < -0.39 is 0 Å². The van der Waals surface area contributed by atoms with Crippen molar-refractivity contribution in [1.29, 1.82) is 0 Å². The normalized spacial score (nSPS) is 12.7. The van der Waals surface area contributed by atoms with Crippen LogP contribution in [0.4, 0.5) is 0 Å². The highest BCUT2D eigenvalue weighted by Gasteiger charge is 2.02. The van der Waals surface area contributed by atoms with Crippen molar-refractivity contribution in [2.24, 2.45) is 0 Å². The van der Waals surface area contributed by atoms with Gasteiger partial charge in [-0.25, -0.2) is 0 Å². The molecule has 1 unspecified atom stereocenters. The van der Waals surface area contributed by atoms with E-state index in [1.54, 1.807) is 7.11 Å². The van der Waals surface area contributed by atoms with Crippen LogP contribution in [0.3, 0.4) is 0 Å². The molecule has 0 radical (unpaired) electrons. The summed E-state index contributed by atoms with van der Waals surface area (Å²) in [4.78, 5) is 0. The predicted octanol–water partition coefficient (Wildman–Crippen LogP) is 1.94. The number of ether oxygens (including phenoxy) is 1. The van der Waals surface area contributed by atoms with Gasteiger partial charge in [-0.1, -0.05) is 34.1 Å². The van der Waals surface area contributed by atoms with Crippen LogP contribution in [0.1, 0.15) is 12.0 Å². The van der Waals surface area contributed by atoms with Crippen molar-refractivity contribution >= 4 is 15.9 Å². The minimum absolute atomic E-state index is 0.378. The van der Waals surface area contributed by atoms with Gasteiger partial charge >= 0.3 is 0 Å². The second-order valence-electron chi connectivity index (χ2n) is 3.67. The second-order valence-corrected chi connectivity index (χ2v) is 4.52. The van der Waals surface area contributed by atoms with Crippen molar-refractivity contribution in [3.63, 3.8) is 0 Å². The number of aliphatic hydroxyl groups is 1. The molecule has 3 nitrogen and oxygen atoms in total. The molecule has 0 fully saturated rings. The first-order valence-electron chi connectivity index (χ1n) is 5.35. The Labute approximate surface area is 105 Å². The molecule has 1 aromatic rings. The van der Waals surface area contributed by atoms with Gasteiger partial charge in [-0.15, -0.1) is 0 Å². The van der Waals surface area contributed by atoms with Gasteiger partial charge < -0.3 is 15.2 Å². The Balaban J connectivity index is 2.19. The first-order chi connectivity index (χ1) is 7.74. The lowest BCUT2D eigenvalue weighted by molar-refractivity contribution is 0.0594. The zero-order chi connectivity index (χ0) is 11.8. The number of aliphatic hydroxyl groups excluding tert-OH is 1. The van der Waals surface area contributed by atoms with Crippen LogP contribution in [0.25, 0.3) is 0 Å². The number of benzene rings is 1. The Morgan fingerprint density at radius 3 is 2.88 bits per heavy atom. The van der Waals surface area contributed by atoms with Crippen molar-refractivity contribution in [1.82, 2.24) is 5.32 Å². The summed E-state index contributed by atoms with van der Waals surface area (Å²) < 4.78 is 5.96. The van der Waals surface area contributed by atoms with E-state index in [2.05, 4.69) is 27.3 Å². The van der Waals surface area contributed by atoms with Gasteiger partial charge in [-0.2, -0.15) is 0 Å². The largest absolute Gasteiger partial charge is 0.391 e. The SMILES string of the molecule is COCC(O)CCNCc1ccccc1Br. The summed E-state index contributed by atoms with van der Waals surface area (Å²) in [5.41, 5.74) is 1.23. The third kappa shape index (κ3) is 5.07. The third-order valence-corrected chi connectivity index (χ3v) is 3.06. The number of hydrogen-bond acceptors (Lipinski definition) is 3. The maximum absolute atomic E-state index is 9.43. The lowest BCUT2D eigenvalue weighted by Crippen LogP contribution is -2.23. The Kier molecular flexibility index (Phi) is 6.64. The van der Waals surface area contributed by atoms with Crippen molar-refractivity contribution in [2.75, 3.05) is 20.3 Å². The molecule has 0 aliphatic carbocycles. The molecular weight excluding hydrogens is 270 g/mol. The smallest absolute Gasteiger partial charge is 0.0785 e. The van der Waals surface area contributed by atoms with Gasteiger partial charge in [0.05, 0.1) is 12.7 Å². The second kappa shape index (κ2) is 7.79. The monoisotopic (exact) mass is 287 g/mol. The Hall–Kier alpha value is -0.420. The number of methoxy groups -OCH3 is 1. The molecule has 0 aromatic heterocycles.